The van der Waals surface area contributed by atoms with E-state index in [0.717, 1.165) is 6.04 Å². The van der Waals surface area contributed by atoms with Gasteiger partial charge in [0.05, 0.1) is 0 Å². The lowest BCUT2D eigenvalue weighted by Gasteiger charge is -2.32. The number of ether oxygens (including phenoxy) is 3. The molecule has 138 valence electrons. The Kier molecular flexibility index (Phi) is 17.0. The van der Waals surface area contributed by atoms with Crippen molar-refractivity contribution in [2.45, 2.75) is 104 Å². The molecule has 0 rings (SSSR count). The second kappa shape index (κ2) is 16.9. The van der Waals surface area contributed by atoms with Crippen LogP contribution < -0.4 is 0 Å². The first kappa shape index (κ1) is 23.1. The highest BCUT2D eigenvalue weighted by molar-refractivity contribution is 6.38. The molecule has 0 aromatic rings. The Labute approximate surface area is 147 Å². The lowest BCUT2D eigenvalue weighted by atomic mass is 10.1. The van der Waals surface area contributed by atoms with E-state index in [-0.39, 0.29) is 0 Å². The highest BCUT2D eigenvalue weighted by Gasteiger charge is 2.32. The van der Waals surface area contributed by atoms with Crippen molar-refractivity contribution in [1.29, 1.82) is 0 Å². The van der Waals surface area contributed by atoms with Gasteiger partial charge in [-0.25, -0.2) is 0 Å². The number of hydrogen-bond acceptors (Lipinski definition) is 3. The van der Waals surface area contributed by atoms with Gasteiger partial charge in [0.15, 0.2) is 9.52 Å². The van der Waals surface area contributed by atoms with E-state index >= 15 is 0 Å². The molecule has 0 aromatic carbocycles. The molecule has 3 nitrogen and oxygen atoms in total. The Morgan fingerprint density at radius 2 is 0.957 bits per heavy atom. The Morgan fingerprint density at radius 1 is 0.565 bits per heavy atom. The van der Waals surface area contributed by atoms with Gasteiger partial charge < -0.3 is 14.2 Å². The van der Waals surface area contributed by atoms with Crippen molar-refractivity contribution in [3.63, 3.8) is 0 Å². The summed E-state index contributed by atoms with van der Waals surface area (Å²) in [5.74, 6) is 0. The molecule has 2 radical (unpaired) electrons. The Morgan fingerprint density at radius 3 is 1.35 bits per heavy atom. The molecule has 0 aliphatic carbocycles. The van der Waals surface area contributed by atoms with Crippen LogP contribution in [0.3, 0.4) is 0 Å². The number of hydrogen-bond donors (Lipinski definition) is 0. The summed E-state index contributed by atoms with van der Waals surface area (Å²) in [4.78, 5) is 0. The van der Waals surface area contributed by atoms with E-state index in [1.165, 1.54) is 64.2 Å². The van der Waals surface area contributed by atoms with Crippen molar-refractivity contribution in [2.75, 3.05) is 19.8 Å². The zero-order chi connectivity index (χ0) is 17.2. The molecule has 0 atom stereocenters. The average Bonchev–Trinajstić information content (AvgIpc) is 2.53. The minimum absolute atomic E-state index is 0.559. The minimum Gasteiger partial charge on any atom is -0.332 e. The van der Waals surface area contributed by atoms with Gasteiger partial charge in [-0.2, -0.15) is 0 Å². The summed E-state index contributed by atoms with van der Waals surface area (Å²) in [7, 11) is 0.559. The Hall–Kier alpha value is 0.0969. The SMILES string of the molecule is CCCCCCCCCCCC[Si]C(OCC)(OCC)OCC. The van der Waals surface area contributed by atoms with Crippen LogP contribution >= 0.6 is 0 Å². The van der Waals surface area contributed by atoms with Gasteiger partial charge in [0.1, 0.15) is 0 Å². The summed E-state index contributed by atoms with van der Waals surface area (Å²) in [5.41, 5.74) is -0.780. The topological polar surface area (TPSA) is 27.7 Å². The third-order valence-corrected chi connectivity index (χ3v) is 5.34. The van der Waals surface area contributed by atoms with Gasteiger partial charge in [0.25, 0.3) is 5.60 Å². The fourth-order valence-electron chi connectivity index (χ4n) is 2.70. The van der Waals surface area contributed by atoms with Crippen LogP contribution in [0.15, 0.2) is 0 Å². The number of rotatable bonds is 18. The first-order valence-corrected chi connectivity index (χ1v) is 11.1. The molecule has 0 bridgehead atoms. The van der Waals surface area contributed by atoms with Gasteiger partial charge in [0, 0.05) is 19.8 Å². The molecule has 0 spiro atoms. The van der Waals surface area contributed by atoms with Gasteiger partial charge in [0.2, 0.25) is 0 Å². The lowest BCUT2D eigenvalue weighted by molar-refractivity contribution is -0.323. The van der Waals surface area contributed by atoms with E-state index in [1.54, 1.807) is 0 Å². The van der Waals surface area contributed by atoms with E-state index in [0.29, 0.717) is 29.3 Å². The van der Waals surface area contributed by atoms with Gasteiger partial charge in [-0.3, -0.25) is 0 Å². The monoisotopic (exact) mass is 344 g/mol. The highest BCUT2D eigenvalue weighted by Crippen LogP contribution is 2.18. The van der Waals surface area contributed by atoms with Crippen molar-refractivity contribution >= 4 is 9.52 Å². The predicted octanol–water partition coefficient (Wildman–Crippen LogP) is 5.75. The van der Waals surface area contributed by atoms with Gasteiger partial charge in [-0.1, -0.05) is 77.2 Å². The van der Waals surface area contributed by atoms with Crippen LogP contribution in [0.25, 0.3) is 0 Å². The van der Waals surface area contributed by atoms with E-state index in [2.05, 4.69) is 6.92 Å². The summed E-state index contributed by atoms with van der Waals surface area (Å²) < 4.78 is 17.3. The lowest BCUT2D eigenvalue weighted by Crippen LogP contribution is -2.45. The molecule has 0 aliphatic rings. The van der Waals surface area contributed by atoms with Gasteiger partial charge in [-0.15, -0.1) is 0 Å². The molecule has 0 amide bonds. The van der Waals surface area contributed by atoms with E-state index in [9.17, 15) is 0 Å². The maximum atomic E-state index is 5.77. The summed E-state index contributed by atoms with van der Waals surface area (Å²) in [6.07, 6.45) is 13.8. The van der Waals surface area contributed by atoms with Crippen LogP contribution in [0.2, 0.25) is 6.04 Å². The summed E-state index contributed by atoms with van der Waals surface area (Å²) in [6.45, 7) is 10.2. The van der Waals surface area contributed by atoms with Crippen molar-refractivity contribution in [3.8, 4) is 0 Å². The molecule has 0 saturated heterocycles. The maximum absolute atomic E-state index is 5.77. The Balaban J connectivity index is 3.65. The molecule has 0 aliphatic heterocycles. The van der Waals surface area contributed by atoms with E-state index < -0.39 is 5.60 Å². The van der Waals surface area contributed by atoms with Gasteiger partial charge in [-0.05, 0) is 20.8 Å². The summed E-state index contributed by atoms with van der Waals surface area (Å²) >= 11 is 0. The van der Waals surface area contributed by atoms with Gasteiger partial charge >= 0.3 is 0 Å². The molecular weight excluding hydrogens is 304 g/mol. The molecular formula is C19H40O3Si. The van der Waals surface area contributed by atoms with Crippen LogP contribution in [0, 0.1) is 0 Å². The zero-order valence-electron chi connectivity index (χ0n) is 16.1. The quantitative estimate of drug-likeness (QED) is 0.180. The molecule has 0 unspecified atom stereocenters. The van der Waals surface area contributed by atoms with Crippen molar-refractivity contribution in [1.82, 2.24) is 0 Å². The van der Waals surface area contributed by atoms with E-state index in [4.69, 9.17) is 14.2 Å². The second-order valence-corrected chi connectivity index (χ2v) is 7.43. The fraction of sp³-hybridized carbons (Fsp3) is 1.00. The molecule has 0 aromatic heterocycles. The first-order chi connectivity index (χ1) is 11.2. The average molecular weight is 345 g/mol. The van der Waals surface area contributed by atoms with Crippen LogP contribution in [-0.2, 0) is 14.2 Å². The molecule has 0 fully saturated rings. The van der Waals surface area contributed by atoms with Crippen molar-refractivity contribution in [2.24, 2.45) is 0 Å². The van der Waals surface area contributed by atoms with Crippen LogP contribution in [-0.4, -0.2) is 34.9 Å². The second-order valence-electron chi connectivity index (χ2n) is 5.96. The Bertz CT molecular complexity index is 220. The first-order valence-electron chi connectivity index (χ1n) is 9.91. The van der Waals surface area contributed by atoms with E-state index in [1.807, 2.05) is 20.8 Å². The standard InChI is InChI=1S/C19H40O3Si/c1-5-9-10-11-12-13-14-15-16-17-18-23-19(20-6-2,21-7-3)22-8-4/h5-18H2,1-4H3. The smallest absolute Gasteiger partial charge is 0.251 e. The fourth-order valence-corrected chi connectivity index (χ4v) is 4.17. The molecule has 23 heavy (non-hydrogen) atoms. The van der Waals surface area contributed by atoms with Crippen LogP contribution in [0.1, 0.15) is 91.9 Å². The molecule has 0 heterocycles. The van der Waals surface area contributed by atoms with Crippen molar-refractivity contribution < 1.29 is 14.2 Å². The zero-order valence-corrected chi connectivity index (χ0v) is 17.1. The maximum Gasteiger partial charge on any atom is 0.251 e. The summed E-state index contributed by atoms with van der Waals surface area (Å²) in [5, 5.41) is 0. The predicted molar refractivity (Wildman–Crippen MR) is 100 cm³/mol. The third-order valence-electron chi connectivity index (χ3n) is 3.87. The molecule has 0 saturated carbocycles. The molecule has 4 heteroatoms. The minimum atomic E-state index is -0.780. The normalized spacial score (nSPS) is 12.0. The van der Waals surface area contributed by atoms with Crippen LogP contribution in [0.4, 0.5) is 0 Å². The molecule has 0 N–H and O–H groups in total. The third kappa shape index (κ3) is 13.1. The van der Waals surface area contributed by atoms with Crippen LogP contribution in [0.5, 0.6) is 0 Å². The summed E-state index contributed by atoms with van der Waals surface area (Å²) in [6, 6.07) is 1.14. The largest absolute Gasteiger partial charge is 0.332 e. The highest BCUT2D eigenvalue weighted by atomic mass is 28.2. The number of unbranched alkanes of at least 4 members (excludes halogenated alkanes) is 9. The van der Waals surface area contributed by atoms with Crippen molar-refractivity contribution in [3.05, 3.63) is 0 Å².